The zero-order valence-corrected chi connectivity index (χ0v) is 9.48. The summed E-state index contributed by atoms with van der Waals surface area (Å²) in [6, 6.07) is 2.15. The first-order valence-electron chi connectivity index (χ1n) is 5.70. The van der Waals surface area contributed by atoms with Gasteiger partial charge in [0.25, 0.3) is 0 Å². The summed E-state index contributed by atoms with van der Waals surface area (Å²) in [5.41, 5.74) is 10.7. The minimum atomic E-state index is 0.736. The molecule has 1 aliphatic rings. The number of imidazole rings is 1. The van der Waals surface area contributed by atoms with E-state index in [9.17, 15) is 0 Å². The van der Waals surface area contributed by atoms with E-state index in [0.29, 0.717) is 0 Å². The third-order valence-corrected chi connectivity index (χ3v) is 3.34. The summed E-state index contributed by atoms with van der Waals surface area (Å²) in [4.78, 5) is 4.51. The van der Waals surface area contributed by atoms with Crippen molar-refractivity contribution in [1.82, 2.24) is 14.1 Å². The van der Waals surface area contributed by atoms with Crippen LogP contribution in [-0.2, 0) is 20.0 Å². The molecule has 0 aromatic carbocycles. The number of hydrogen-bond donors (Lipinski definition) is 1. The molecule has 4 nitrogen and oxygen atoms in total. The summed E-state index contributed by atoms with van der Waals surface area (Å²) in [5.74, 6) is 0. The highest BCUT2D eigenvalue weighted by Gasteiger charge is 2.25. The number of nitrogens with zero attached hydrogens (tertiary/aromatic N) is 3. The molecule has 0 fully saturated rings. The molecule has 0 amide bonds. The van der Waals surface area contributed by atoms with E-state index in [0.717, 1.165) is 31.6 Å². The lowest BCUT2D eigenvalue weighted by Crippen LogP contribution is -2.07. The van der Waals surface area contributed by atoms with E-state index in [4.69, 9.17) is 5.73 Å². The lowest BCUT2D eigenvalue weighted by atomic mass is 10.3. The van der Waals surface area contributed by atoms with Gasteiger partial charge in [-0.1, -0.05) is 0 Å². The monoisotopic (exact) mass is 216 g/mol. The maximum absolute atomic E-state index is 5.54. The second-order valence-electron chi connectivity index (χ2n) is 4.34. The third kappa shape index (κ3) is 1.23. The molecule has 0 spiro atoms. The Kier molecular flexibility index (Phi) is 2.11. The summed E-state index contributed by atoms with van der Waals surface area (Å²) in [5, 5.41) is 0. The number of nitrogens with two attached hydrogens (primary N) is 1. The molecule has 4 heteroatoms. The Morgan fingerprint density at radius 2 is 2.31 bits per heavy atom. The van der Waals surface area contributed by atoms with E-state index < -0.39 is 0 Å². The van der Waals surface area contributed by atoms with Gasteiger partial charge in [0, 0.05) is 37.5 Å². The fraction of sp³-hybridized carbons (Fsp3) is 0.417. The van der Waals surface area contributed by atoms with Gasteiger partial charge in [-0.05, 0) is 19.0 Å². The molecule has 2 N–H and O–H groups in total. The zero-order valence-electron chi connectivity index (χ0n) is 9.48. The lowest BCUT2D eigenvalue weighted by Gasteiger charge is -2.05. The molecular formula is C12H16N4. The maximum Gasteiger partial charge on any atom is 0.0956 e. The van der Waals surface area contributed by atoms with Gasteiger partial charge in [0.2, 0.25) is 0 Å². The average molecular weight is 216 g/mol. The summed E-state index contributed by atoms with van der Waals surface area (Å²) in [6.45, 7) is 1.72. The second-order valence-corrected chi connectivity index (χ2v) is 4.34. The smallest absolute Gasteiger partial charge is 0.0956 e. The van der Waals surface area contributed by atoms with E-state index in [-0.39, 0.29) is 0 Å². The number of aromatic nitrogens is 3. The van der Waals surface area contributed by atoms with Crippen molar-refractivity contribution in [3.8, 4) is 11.3 Å². The van der Waals surface area contributed by atoms with Crippen molar-refractivity contribution >= 4 is 0 Å². The van der Waals surface area contributed by atoms with Crippen LogP contribution in [0.15, 0.2) is 18.6 Å². The Bertz CT molecular complexity index is 521. The van der Waals surface area contributed by atoms with Gasteiger partial charge < -0.3 is 14.9 Å². The van der Waals surface area contributed by atoms with Crippen molar-refractivity contribution in [2.75, 3.05) is 6.54 Å². The molecule has 2 aromatic rings. The van der Waals surface area contributed by atoms with Crippen LogP contribution in [0.2, 0.25) is 0 Å². The molecule has 0 aliphatic heterocycles. The number of fused-ring (bicyclic) bond motifs is 3. The second kappa shape index (κ2) is 3.49. The summed E-state index contributed by atoms with van der Waals surface area (Å²) in [6.07, 6.45) is 6.06. The van der Waals surface area contributed by atoms with Crippen LogP contribution in [0.1, 0.15) is 17.8 Å². The molecule has 1 aliphatic carbocycles. The molecule has 84 valence electrons. The van der Waals surface area contributed by atoms with Gasteiger partial charge in [0.15, 0.2) is 0 Å². The van der Waals surface area contributed by atoms with Crippen LogP contribution in [0.25, 0.3) is 11.3 Å². The zero-order chi connectivity index (χ0) is 11.1. The molecule has 2 heterocycles. The highest BCUT2D eigenvalue weighted by Crippen LogP contribution is 2.35. The van der Waals surface area contributed by atoms with Crippen LogP contribution < -0.4 is 5.73 Å². The Balaban J connectivity index is 1.98. The molecular weight excluding hydrogens is 200 g/mol. The Morgan fingerprint density at radius 3 is 3.12 bits per heavy atom. The molecule has 0 saturated carbocycles. The van der Waals surface area contributed by atoms with Gasteiger partial charge in [-0.15, -0.1) is 0 Å². The third-order valence-electron chi connectivity index (χ3n) is 3.34. The van der Waals surface area contributed by atoms with Gasteiger partial charge in [-0.3, -0.25) is 0 Å². The summed E-state index contributed by atoms with van der Waals surface area (Å²) >= 11 is 0. The van der Waals surface area contributed by atoms with Gasteiger partial charge in [0.1, 0.15) is 0 Å². The van der Waals surface area contributed by atoms with Crippen molar-refractivity contribution < 1.29 is 0 Å². The van der Waals surface area contributed by atoms with Crippen molar-refractivity contribution in [3.05, 3.63) is 30.0 Å². The SMILES string of the molecule is Cn1ccc2c1Cc1c-2ncn1CCCN. The Hall–Kier alpha value is -1.55. The van der Waals surface area contributed by atoms with Gasteiger partial charge in [-0.2, -0.15) is 0 Å². The van der Waals surface area contributed by atoms with Crippen LogP contribution in [0.5, 0.6) is 0 Å². The van der Waals surface area contributed by atoms with Crippen molar-refractivity contribution in [2.45, 2.75) is 19.4 Å². The Morgan fingerprint density at radius 1 is 1.44 bits per heavy atom. The fourth-order valence-corrected chi connectivity index (χ4v) is 2.43. The highest BCUT2D eigenvalue weighted by molar-refractivity contribution is 5.71. The van der Waals surface area contributed by atoms with E-state index in [1.165, 1.54) is 17.0 Å². The van der Waals surface area contributed by atoms with E-state index in [1.54, 1.807) is 0 Å². The van der Waals surface area contributed by atoms with Crippen molar-refractivity contribution in [3.63, 3.8) is 0 Å². The number of rotatable bonds is 3. The van der Waals surface area contributed by atoms with Crippen LogP contribution in [0.4, 0.5) is 0 Å². The van der Waals surface area contributed by atoms with Crippen LogP contribution in [0.3, 0.4) is 0 Å². The van der Waals surface area contributed by atoms with Crippen LogP contribution in [0, 0.1) is 0 Å². The molecule has 2 aromatic heterocycles. The topological polar surface area (TPSA) is 48.8 Å². The molecule has 0 unspecified atom stereocenters. The normalized spacial score (nSPS) is 12.9. The molecule has 3 rings (SSSR count). The highest BCUT2D eigenvalue weighted by atomic mass is 15.1. The molecule has 0 radical (unpaired) electrons. The lowest BCUT2D eigenvalue weighted by molar-refractivity contribution is 0.628. The minimum Gasteiger partial charge on any atom is -0.353 e. The van der Waals surface area contributed by atoms with Gasteiger partial charge in [0.05, 0.1) is 17.7 Å². The van der Waals surface area contributed by atoms with Crippen LogP contribution in [-0.4, -0.2) is 20.7 Å². The predicted molar refractivity (Wildman–Crippen MR) is 63.1 cm³/mol. The Labute approximate surface area is 94.7 Å². The molecule has 0 bridgehead atoms. The molecule has 16 heavy (non-hydrogen) atoms. The van der Waals surface area contributed by atoms with E-state index in [1.807, 2.05) is 6.33 Å². The molecule has 0 saturated heterocycles. The quantitative estimate of drug-likeness (QED) is 0.713. The van der Waals surface area contributed by atoms with Gasteiger partial charge in [-0.25, -0.2) is 4.98 Å². The first-order chi connectivity index (χ1) is 7.81. The first-order valence-corrected chi connectivity index (χ1v) is 5.70. The first kappa shape index (κ1) is 9.66. The maximum atomic E-state index is 5.54. The van der Waals surface area contributed by atoms with E-state index >= 15 is 0 Å². The minimum absolute atomic E-state index is 0.736. The van der Waals surface area contributed by atoms with E-state index in [2.05, 4.69) is 33.4 Å². The summed E-state index contributed by atoms with van der Waals surface area (Å²) in [7, 11) is 2.09. The van der Waals surface area contributed by atoms with Crippen molar-refractivity contribution in [1.29, 1.82) is 0 Å². The largest absolute Gasteiger partial charge is 0.353 e. The number of hydrogen-bond acceptors (Lipinski definition) is 2. The van der Waals surface area contributed by atoms with Gasteiger partial charge >= 0.3 is 0 Å². The number of aryl methyl sites for hydroxylation is 2. The predicted octanol–water partition coefficient (Wildman–Crippen LogP) is 1.14. The molecule has 0 atom stereocenters. The fourth-order valence-electron chi connectivity index (χ4n) is 2.43. The summed E-state index contributed by atoms with van der Waals surface area (Å²) < 4.78 is 4.42. The van der Waals surface area contributed by atoms with Crippen molar-refractivity contribution in [2.24, 2.45) is 12.8 Å². The average Bonchev–Trinajstić information content (AvgIpc) is 2.90. The standard InChI is InChI=1S/C12H16N4/c1-15-6-3-9-10(15)7-11-12(9)14-8-16(11)5-2-4-13/h3,6,8H,2,4-5,7,13H2,1H3. The van der Waals surface area contributed by atoms with Crippen LogP contribution >= 0.6 is 0 Å².